The second kappa shape index (κ2) is 14.3. The molecule has 12 nitrogen and oxygen atoms in total. The van der Waals surface area contributed by atoms with Crippen molar-refractivity contribution in [2.75, 3.05) is 10.6 Å². The van der Waals surface area contributed by atoms with E-state index in [4.69, 9.17) is 21.2 Å². The average molecular weight is 779 g/mol. The summed E-state index contributed by atoms with van der Waals surface area (Å²) in [5.41, 5.74) is 1.52. The van der Waals surface area contributed by atoms with Crippen molar-refractivity contribution in [1.29, 1.82) is 9.56 Å². The van der Waals surface area contributed by atoms with Gasteiger partial charge in [0.1, 0.15) is 37.0 Å². The normalized spacial score (nSPS) is 23.5. The quantitative estimate of drug-likeness (QED) is 0.118. The van der Waals surface area contributed by atoms with E-state index in [1.807, 2.05) is 6.92 Å². The van der Waals surface area contributed by atoms with Crippen LogP contribution in [0.3, 0.4) is 0 Å². The Hall–Kier alpha value is -4.16. The first kappa shape index (κ1) is 37.6. The molecule has 0 spiro atoms. The third-order valence-corrected chi connectivity index (χ3v) is 13.1. The fourth-order valence-electron chi connectivity index (χ4n) is 6.82. The Morgan fingerprint density at radius 1 is 0.885 bits per heavy atom. The molecule has 5 atom stereocenters. The fourth-order valence-corrected chi connectivity index (χ4v) is 10.4. The molecule has 2 aliphatic rings. The van der Waals surface area contributed by atoms with Crippen LogP contribution in [0.25, 0.3) is 0 Å². The highest BCUT2D eigenvalue weighted by molar-refractivity contribution is 7.91. The number of carbonyl (C=O) groups is 2. The molecule has 0 saturated carbocycles. The molecule has 2 aliphatic heterocycles. The van der Waals surface area contributed by atoms with E-state index in [1.54, 1.807) is 18.5 Å². The van der Waals surface area contributed by atoms with Gasteiger partial charge >= 0.3 is 0 Å². The molecule has 2 aromatic carbocycles. The topological polar surface area (TPSA) is 174 Å². The number of aryl methyl sites for hydroxylation is 2. The standard InChI is InChI=1S/C34H38ClF3N8O4S2/c1-18(28-11-8-22-29(52(40,50)44-28)16-45(3)31(22)33(47)41-20-5-9-25(36)24(35)14-20)12-13-46-17-30-23(7-4-19(2)43-51(30,39)49)32(46)34(48)42-21-6-10-26(37)27(38)15-21/h5-6,9-10,14-19,28H,4,7-8,11-13H2,1-3H3,(H,41,47)(H,42,48)(H2,39,43,49)(H2,40,44,50)/t18?,19-,28+,51?,52?/m0/s1. The van der Waals surface area contributed by atoms with Crippen LogP contribution in [0.1, 0.15) is 65.2 Å². The van der Waals surface area contributed by atoms with Crippen LogP contribution < -0.4 is 20.1 Å². The minimum atomic E-state index is -3.59. The molecular formula is C34H38ClF3N8O4S2. The van der Waals surface area contributed by atoms with Gasteiger partial charge in [-0.3, -0.25) is 9.59 Å². The van der Waals surface area contributed by atoms with Gasteiger partial charge in [-0.25, -0.2) is 40.6 Å². The molecule has 4 heterocycles. The lowest BCUT2D eigenvalue weighted by Crippen LogP contribution is -2.38. The number of hydrogen-bond acceptors (Lipinski definition) is 6. The molecule has 2 aromatic heterocycles. The maximum Gasteiger partial charge on any atom is 0.272 e. The van der Waals surface area contributed by atoms with Crippen molar-refractivity contribution in [2.24, 2.45) is 13.0 Å². The number of halogens is 4. The highest BCUT2D eigenvalue weighted by atomic mass is 35.5. The lowest BCUT2D eigenvalue weighted by molar-refractivity contribution is 0.100. The van der Waals surface area contributed by atoms with Crippen molar-refractivity contribution < 1.29 is 31.2 Å². The van der Waals surface area contributed by atoms with Gasteiger partial charge in [0.05, 0.1) is 14.8 Å². The zero-order valence-electron chi connectivity index (χ0n) is 28.4. The lowest BCUT2D eigenvalue weighted by atomic mass is 9.93. The summed E-state index contributed by atoms with van der Waals surface area (Å²) in [6.45, 7) is 3.91. The summed E-state index contributed by atoms with van der Waals surface area (Å²) in [6, 6.07) is 6.05. The maximum atomic E-state index is 14.0. The Labute approximate surface area is 304 Å². The molecule has 0 saturated heterocycles. The summed E-state index contributed by atoms with van der Waals surface area (Å²) in [5, 5.41) is 5.14. The minimum absolute atomic E-state index is 0.0210. The van der Waals surface area contributed by atoms with Crippen molar-refractivity contribution in [3.8, 4) is 0 Å². The Balaban J connectivity index is 1.23. The Morgan fingerprint density at radius 2 is 1.46 bits per heavy atom. The molecule has 0 fully saturated rings. The van der Waals surface area contributed by atoms with Crippen molar-refractivity contribution in [3.63, 3.8) is 0 Å². The molecule has 6 N–H and O–H groups in total. The SMILES string of the molecule is CC(CCn1cc2c(c1C(=O)Nc1ccc(F)c(F)c1)CC[C@H](C)NS2(=N)=O)[C@H]1CCc2c(cn(C)c2C(=O)Nc2ccc(F)c(Cl)c2)S(=N)(=O)N1. The molecular weight excluding hydrogens is 741 g/mol. The number of aromatic nitrogens is 2. The van der Waals surface area contributed by atoms with Crippen molar-refractivity contribution in [3.05, 3.63) is 93.8 Å². The van der Waals surface area contributed by atoms with Crippen molar-refractivity contribution >= 4 is 54.6 Å². The van der Waals surface area contributed by atoms with E-state index in [2.05, 4.69) is 20.1 Å². The van der Waals surface area contributed by atoms with Gasteiger partial charge in [0.2, 0.25) is 0 Å². The number of hydrogen-bond donors (Lipinski definition) is 6. The van der Waals surface area contributed by atoms with Crippen LogP contribution in [0, 0.1) is 32.9 Å². The summed E-state index contributed by atoms with van der Waals surface area (Å²) in [5.74, 6) is -4.25. The van der Waals surface area contributed by atoms with Crippen LogP contribution in [0.15, 0.2) is 58.6 Å². The van der Waals surface area contributed by atoms with E-state index in [0.29, 0.717) is 43.2 Å². The first-order valence-electron chi connectivity index (χ1n) is 16.5. The third-order valence-electron chi connectivity index (χ3n) is 9.52. The molecule has 278 valence electrons. The summed E-state index contributed by atoms with van der Waals surface area (Å²) in [7, 11) is -5.46. The lowest BCUT2D eigenvalue weighted by Gasteiger charge is -2.25. The van der Waals surface area contributed by atoms with Crippen molar-refractivity contribution in [1.82, 2.24) is 18.6 Å². The number of anilines is 2. The molecule has 3 unspecified atom stereocenters. The molecule has 18 heteroatoms. The van der Waals surface area contributed by atoms with Crippen LogP contribution in [-0.4, -0.2) is 41.5 Å². The van der Waals surface area contributed by atoms with Gasteiger partial charge in [0.25, 0.3) is 11.8 Å². The van der Waals surface area contributed by atoms with Crippen LogP contribution in [0.5, 0.6) is 0 Å². The second-order valence-corrected chi connectivity index (χ2v) is 17.3. The van der Waals surface area contributed by atoms with Crippen LogP contribution >= 0.6 is 11.6 Å². The number of nitrogens with zero attached hydrogens (tertiary/aromatic N) is 2. The molecule has 0 aliphatic carbocycles. The molecule has 52 heavy (non-hydrogen) atoms. The van der Waals surface area contributed by atoms with Gasteiger partial charge in [-0.2, -0.15) is 0 Å². The van der Waals surface area contributed by atoms with E-state index in [0.717, 1.165) is 18.2 Å². The predicted molar refractivity (Wildman–Crippen MR) is 192 cm³/mol. The van der Waals surface area contributed by atoms with E-state index in [9.17, 15) is 31.2 Å². The zero-order chi connectivity index (χ0) is 37.7. The van der Waals surface area contributed by atoms with Gasteiger partial charge in [0, 0.05) is 66.6 Å². The zero-order valence-corrected chi connectivity index (χ0v) is 30.8. The molecule has 0 bridgehead atoms. The number of carbonyl (C=O) groups excluding carboxylic acids is 2. The Morgan fingerprint density at radius 3 is 2.13 bits per heavy atom. The Bertz CT molecular complexity index is 2310. The summed E-state index contributed by atoms with van der Waals surface area (Å²) >= 11 is 5.88. The van der Waals surface area contributed by atoms with Gasteiger partial charge < -0.3 is 19.8 Å². The smallest absolute Gasteiger partial charge is 0.272 e. The van der Waals surface area contributed by atoms with Gasteiger partial charge in [0.15, 0.2) is 11.6 Å². The number of nitrogens with one attached hydrogen (secondary N) is 6. The summed E-state index contributed by atoms with van der Waals surface area (Å²) in [6.07, 6.45) is 4.97. The highest BCUT2D eigenvalue weighted by Gasteiger charge is 2.34. The monoisotopic (exact) mass is 778 g/mol. The fraction of sp³-hybridized carbons (Fsp3) is 0.353. The number of amides is 2. The summed E-state index contributed by atoms with van der Waals surface area (Å²) < 4.78 is 95.0. The van der Waals surface area contributed by atoms with Crippen LogP contribution in [0.4, 0.5) is 24.5 Å². The number of fused-ring (bicyclic) bond motifs is 2. The van der Waals surface area contributed by atoms with Crippen LogP contribution in [-0.2, 0) is 46.3 Å². The number of benzene rings is 2. The van der Waals surface area contributed by atoms with Crippen LogP contribution in [0.2, 0.25) is 5.02 Å². The van der Waals surface area contributed by atoms with Gasteiger partial charge in [-0.15, -0.1) is 0 Å². The van der Waals surface area contributed by atoms with Crippen molar-refractivity contribution in [2.45, 2.75) is 74.4 Å². The highest BCUT2D eigenvalue weighted by Crippen LogP contribution is 2.33. The number of rotatable bonds is 8. The van der Waals surface area contributed by atoms with E-state index >= 15 is 0 Å². The third kappa shape index (κ3) is 7.50. The average Bonchev–Trinajstić information content (AvgIpc) is 3.55. The maximum absolute atomic E-state index is 14.0. The van der Waals surface area contributed by atoms with E-state index < -0.39 is 55.1 Å². The van der Waals surface area contributed by atoms with E-state index in [1.165, 1.54) is 35.2 Å². The Kier molecular flexibility index (Phi) is 10.4. The first-order chi connectivity index (χ1) is 24.4. The van der Waals surface area contributed by atoms with Gasteiger partial charge in [-0.05, 0) is 75.3 Å². The van der Waals surface area contributed by atoms with Gasteiger partial charge in [-0.1, -0.05) is 18.5 Å². The first-order valence-corrected chi connectivity index (χ1v) is 20.0. The summed E-state index contributed by atoms with van der Waals surface area (Å²) in [4.78, 5) is 27.5. The predicted octanol–water partition coefficient (Wildman–Crippen LogP) is 6.60. The minimum Gasteiger partial charge on any atom is -0.345 e. The van der Waals surface area contributed by atoms with E-state index in [-0.39, 0.29) is 56.1 Å². The largest absolute Gasteiger partial charge is 0.345 e. The second-order valence-electron chi connectivity index (χ2n) is 13.3. The molecule has 4 aromatic rings. The molecule has 2 amide bonds. The molecule has 0 radical (unpaired) electrons. The molecule has 6 rings (SSSR count).